The third-order valence-electron chi connectivity index (χ3n) is 3.78. The Hall–Kier alpha value is 0. The van der Waals surface area contributed by atoms with E-state index in [9.17, 15) is 0 Å². The van der Waals surface area contributed by atoms with E-state index in [4.69, 9.17) is 0 Å². The van der Waals surface area contributed by atoms with Crippen molar-refractivity contribution in [1.82, 2.24) is 0 Å². The molecule has 0 nitrogen and oxygen atoms in total. The molecular formula is C13H28. The topological polar surface area (TPSA) is 0 Å². The van der Waals surface area contributed by atoms with E-state index in [0.29, 0.717) is 0 Å². The van der Waals surface area contributed by atoms with Crippen molar-refractivity contribution in [2.45, 2.75) is 60.8 Å². The molecule has 80 valence electrons. The lowest BCUT2D eigenvalue weighted by Crippen LogP contribution is -2.27. The monoisotopic (exact) mass is 184 g/mol. The second-order valence-electron chi connectivity index (χ2n) is 4.56. The Morgan fingerprint density at radius 1 is 0.923 bits per heavy atom. The summed E-state index contributed by atoms with van der Waals surface area (Å²) in [6.45, 7) is 13.6. The molecule has 0 aromatic heterocycles. The van der Waals surface area contributed by atoms with Gasteiger partial charge < -0.3 is 0 Å². The number of rotatable bonds is 1. The van der Waals surface area contributed by atoms with Gasteiger partial charge in [-0.2, -0.15) is 0 Å². The van der Waals surface area contributed by atoms with Crippen LogP contribution in [0.2, 0.25) is 0 Å². The highest BCUT2D eigenvalue weighted by Crippen LogP contribution is 2.38. The maximum atomic E-state index is 2.42. The Balaban J connectivity index is 0.000000671. The SMILES string of the molecule is CC.CCC1CC(C)C(C)C(C)C1. The van der Waals surface area contributed by atoms with Crippen LogP contribution in [0.3, 0.4) is 0 Å². The second-order valence-corrected chi connectivity index (χ2v) is 4.56. The van der Waals surface area contributed by atoms with Crippen LogP contribution < -0.4 is 0 Å². The van der Waals surface area contributed by atoms with Crippen LogP contribution in [-0.2, 0) is 0 Å². The third-order valence-corrected chi connectivity index (χ3v) is 3.78. The fourth-order valence-electron chi connectivity index (χ4n) is 2.47. The molecule has 0 amide bonds. The molecule has 0 aliphatic heterocycles. The lowest BCUT2D eigenvalue weighted by Gasteiger charge is -2.36. The van der Waals surface area contributed by atoms with E-state index in [0.717, 1.165) is 23.7 Å². The molecule has 2 atom stereocenters. The second kappa shape index (κ2) is 6.45. The van der Waals surface area contributed by atoms with Crippen LogP contribution in [0.4, 0.5) is 0 Å². The Bertz CT molecular complexity index is 105. The molecule has 0 bridgehead atoms. The lowest BCUT2D eigenvalue weighted by molar-refractivity contribution is 0.139. The van der Waals surface area contributed by atoms with Crippen LogP contribution in [0.1, 0.15) is 60.8 Å². The minimum absolute atomic E-state index is 0.956. The van der Waals surface area contributed by atoms with E-state index in [1.807, 2.05) is 13.8 Å². The fourth-order valence-corrected chi connectivity index (χ4v) is 2.47. The summed E-state index contributed by atoms with van der Waals surface area (Å²) in [5.74, 6) is 3.90. The molecule has 0 aromatic rings. The number of hydrogen-bond acceptors (Lipinski definition) is 0. The van der Waals surface area contributed by atoms with Crippen molar-refractivity contribution in [3.8, 4) is 0 Å². The van der Waals surface area contributed by atoms with Crippen molar-refractivity contribution >= 4 is 0 Å². The highest BCUT2D eigenvalue weighted by atomic mass is 14.3. The van der Waals surface area contributed by atoms with Crippen molar-refractivity contribution < 1.29 is 0 Å². The molecule has 13 heavy (non-hydrogen) atoms. The Kier molecular flexibility index (Phi) is 6.45. The van der Waals surface area contributed by atoms with Gasteiger partial charge in [0, 0.05) is 0 Å². The Morgan fingerprint density at radius 2 is 1.31 bits per heavy atom. The average Bonchev–Trinajstić information content (AvgIpc) is 2.16. The zero-order chi connectivity index (χ0) is 10.4. The summed E-state index contributed by atoms with van der Waals surface area (Å²) >= 11 is 0. The Labute approximate surface area is 85.1 Å². The van der Waals surface area contributed by atoms with Crippen molar-refractivity contribution in [3.05, 3.63) is 0 Å². The first kappa shape index (κ1) is 13.0. The molecule has 1 saturated carbocycles. The predicted octanol–water partition coefficient (Wildman–Crippen LogP) is 4.74. The molecule has 0 heterocycles. The highest BCUT2D eigenvalue weighted by molar-refractivity contribution is 4.79. The molecular weight excluding hydrogens is 156 g/mol. The molecule has 1 aliphatic carbocycles. The third kappa shape index (κ3) is 3.70. The maximum absolute atomic E-state index is 2.42. The van der Waals surface area contributed by atoms with Gasteiger partial charge in [-0.3, -0.25) is 0 Å². The van der Waals surface area contributed by atoms with Crippen LogP contribution in [0.5, 0.6) is 0 Å². The first-order chi connectivity index (χ1) is 6.15. The summed E-state index contributed by atoms with van der Waals surface area (Å²) in [6, 6.07) is 0. The summed E-state index contributed by atoms with van der Waals surface area (Å²) in [5, 5.41) is 0. The summed E-state index contributed by atoms with van der Waals surface area (Å²) in [4.78, 5) is 0. The molecule has 1 rings (SSSR count). The normalized spacial score (nSPS) is 39.2. The molecule has 1 aliphatic rings. The quantitative estimate of drug-likeness (QED) is 0.552. The van der Waals surface area contributed by atoms with Gasteiger partial charge in [0.1, 0.15) is 0 Å². The molecule has 0 aromatic carbocycles. The van der Waals surface area contributed by atoms with Gasteiger partial charge in [-0.1, -0.05) is 48.0 Å². The van der Waals surface area contributed by atoms with Gasteiger partial charge in [-0.15, -0.1) is 0 Å². The average molecular weight is 184 g/mol. The van der Waals surface area contributed by atoms with Gasteiger partial charge in [0.25, 0.3) is 0 Å². The van der Waals surface area contributed by atoms with Crippen LogP contribution in [0.25, 0.3) is 0 Å². The van der Waals surface area contributed by atoms with Crippen LogP contribution in [0, 0.1) is 23.7 Å². The number of hydrogen-bond donors (Lipinski definition) is 0. The molecule has 0 saturated heterocycles. The molecule has 0 spiro atoms. The Morgan fingerprint density at radius 3 is 1.62 bits per heavy atom. The zero-order valence-electron chi connectivity index (χ0n) is 10.4. The van der Waals surface area contributed by atoms with Gasteiger partial charge in [0.15, 0.2) is 0 Å². The highest BCUT2D eigenvalue weighted by Gasteiger charge is 2.28. The summed E-state index contributed by atoms with van der Waals surface area (Å²) in [6.07, 6.45) is 4.34. The van der Waals surface area contributed by atoms with Crippen LogP contribution in [0.15, 0.2) is 0 Å². The van der Waals surface area contributed by atoms with Crippen molar-refractivity contribution in [2.24, 2.45) is 23.7 Å². The van der Waals surface area contributed by atoms with E-state index in [2.05, 4.69) is 27.7 Å². The minimum atomic E-state index is 0.956. The van der Waals surface area contributed by atoms with Gasteiger partial charge >= 0.3 is 0 Å². The van der Waals surface area contributed by atoms with E-state index in [1.54, 1.807) is 0 Å². The van der Waals surface area contributed by atoms with Gasteiger partial charge in [-0.05, 0) is 36.5 Å². The molecule has 0 N–H and O–H groups in total. The van der Waals surface area contributed by atoms with Gasteiger partial charge in [0.2, 0.25) is 0 Å². The van der Waals surface area contributed by atoms with E-state index >= 15 is 0 Å². The van der Waals surface area contributed by atoms with Crippen LogP contribution in [-0.4, -0.2) is 0 Å². The van der Waals surface area contributed by atoms with E-state index in [-0.39, 0.29) is 0 Å². The summed E-state index contributed by atoms with van der Waals surface area (Å²) in [5.41, 5.74) is 0. The van der Waals surface area contributed by atoms with E-state index < -0.39 is 0 Å². The van der Waals surface area contributed by atoms with Gasteiger partial charge in [0.05, 0.1) is 0 Å². The fraction of sp³-hybridized carbons (Fsp3) is 1.00. The predicted molar refractivity (Wildman–Crippen MR) is 61.9 cm³/mol. The molecule has 0 heteroatoms. The van der Waals surface area contributed by atoms with Crippen molar-refractivity contribution in [1.29, 1.82) is 0 Å². The van der Waals surface area contributed by atoms with E-state index in [1.165, 1.54) is 19.3 Å². The minimum Gasteiger partial charge on any atom is -0.0683 e. The smallest absolute Gasteiger partial charge is 0.0391 e. The first-order valence-corrected chi connectivity index (χ1v) is 6.15. The van der Waals surface area contributed by atoms with Gasteiger partial charge in [-0.25, -0.2) is 0 Å². The molecule has 0 radical (unpaired) electrons. The molecule has 2 unspecified atom stereocenters. The zero-order valence-corrected chi connectivity index (χ0v) is 10.4. The first-order valence-electron chi connectivity index (χ1n) is 6.15. The van der Waals surface area contributed by atoms with Crippen LogP contribution >= 0.6 is 0 Å². The van der Waals surface area contributed by atoms with Crippen molar-refractivity contribution in [2.75, 3.05) is 0 Å². The standard InChI is InChI=1S/C11H22.C2H6/c1-5-11-6-8(2)10(4)9(3)7-11;1-2/h8-11H,5-7H2,1-4H3;1-2H3. The lowest BCUT2D eigenvalue weighted by atomic mass is 9.69. The molecule has 1 fully saturated rings. The van der Waals surface area contributed by atoms with Crippen molar-refractivity contribution in [3.63, 3.8) is 0 Å². The summed E-state index contributed by atoms with van der Waals surface area (Å²) < 4.78 is 0. The largest absolute Gasteiger partial charge is 0.0683 e. The maximum Gasteiger partial charge on any atom is -0.0391 e. The summed E-state index contributed by atoms with van der Waals surface area (Å²) in [7, 11) is 0.